The maximum absolute atomic E-state index is 5.96. The van der Waals surface area contributed by atoms with Gasteiger partial charge in [0.2, 0.25) is 0 Å². The normalized spacial score (nSPS) is 15.3. The van der Waals surface area contributed by atoms with Gasteiger partial charge in [0.15, 0.2) is 5.11 Å². The lowest BCUT2D eigenvalue weighted by molar-refractivity contribution is 0.586. The number of halogens is 1. The van der Waals surface area contributed by atoms with E-state index in [1.54, 1.807) is 0 Å². The zero-order chi connectivity index (χ0) is 22.0. The number of benzene rings is 3. The van der Waals surface area contributed by atoms with Gasteiger partial charge in [0.05, 0.1) is 5.69 Å². The van der Waals surface area contributed by atoms with Crippen molar-refractivity contribution in [3.05, 3.63) is 87.9 Å². The largest absolute Gasteiger partial charge is 0.332 e. The molecule has 0 radical (unpaired) electrons. The summed E-state index contributed by atoms with van der Waals surface area (Å²) in [5, 5.41) is 4.34. The molecular weight excluding hydrogens is 484 g/mol. The topological polar surface area (TPSA) is 15.3 Å². The minimum absolute atomic E-state index is 0.115. The second kappa shape index (κ2) is 9.76. The molecule has 31 heavy (non-hydrogen) atoms. The van der Waals surface area contributed by atoms with Crippen molar-refractivity contribution in [3.63, 3.8) is 0 Å². The molecule has 0 aliphatic carbocycles. The lowest BCUT2D eigenvalue weighted by Crippen LogP contribution is -2.34. The molecule has 3 aromatic carbocycles. The predicted molar refractivity (Wildman–Crippen MR) is 142 cm³/mol. The first kappa shape index (κ1) is 22.4. The van der Waals surface area contributed by atoms with Crippen LogP contribution in [-0.4, -0.2) is 5.11 Å². The number of para-hydroxylation sites is 1. The van der Waals surface area contributed by atoms with E-state index < -0.39 is 0 Å². The minimum atomic E-state index is 0.115. The van der Waals surface area contributed by atoms with E-state index in [0.717, 1.165) is 32.9 Å². The highest BCUT2D eigenvalue weighted by Gasteiger charge is 2.34. The first-order chi connectivity index (χ1) is 14.9. The van der Waals surface area contributed by atoms with Crippen molar-refractivity contribution in [2.24, 2.45) is 5.92 Å². The number of thiocarbonyl (C=S) groups is 1. The van der Waals surface area contributed by atoms with E-state index >= 15 is 0 Å². The fourth-order valence-corrected chi connectivity index (χ4v) is 5.78. The number of hydrogen-bond donors (Lipinski definition) is 1. The van der Waals surface area contributed by atoms with Crippen LogP contribution in [0.2, 0.25) is 0 Å². The van der Waals surface area contributed by atoms with Crippen LogP contribution < -0.4 is 10.2 Å². The number of aryl methyl sites for hydroxylation is 2. The van der Waals surface area contributed by atoms with Crippen LogP contribution in [-0.2, 0) is 6.42 Å². The Balaban J connectivity index is 1.65. The summed E-state index contributed by atoms with van der Waals surface area (Å²) in [7, 11) is 0. The van der Waals surface area contributed by atoms with Gasteiger partial charge in [-0.2, -0.15) is 0 Å². The molecule has 0 fully saturated rings. The lowest BCUT2D eigenvalue weighted by atomic mass is 10.0. The van der Waals surface area contributed by atoms with Gasteiger partial charge < -0.3 is 10.2 Å². The zero-order valence-electron chi connectivity index (χ0n) is 18.1. The summed E-state index contributed by atoms with van der Waals surface area (Å²) in [4.78, 5) is 3.52. The number of thioether (sulfide) groups is 1. The van der Waals surface area contributed by atoms with Crippen molar-refractivity contribution in [2.45, 2.75) is 43.9 Å². The highest BCUT2D eigenvalue weighted by atomic mass is 79.9. The van der Waals surface area contributed by atoms with Crippen LogP contribution in [0, 0.1) is 12.8 Å². The Hall–Kier alpha value is -1.82. The molecule has 1 aliphatic rings. The molecule has 5 heteroatoms. The molecule has 0 saturated heterocycles. The van der Waals surface area contributed by atoms with Gasteiger partial charge in [0.25, 0.3) is 0 Å². The smallest absolute Gasteiger partial charge is 0.179 e. The van der Waals surface area contributed by atoms with Crippen LogP contribution in [0.15, 0.2) is 76.1 Å². The fourth-order valence-electron chi connectivity index (χ4n) is 3.75. The highest BCUT2D eigenvalue weighted by molar-refractivity contribution is 9.10. The standard InChI is InChI=1S/C26H27BrN2S2/c1-17(2)11-13-19-7-6-8-20(15-19)25-29(23-9-4-5-10-24(23)31-25)26(30)28-22-16-21(27)14-12-18(22)3/h4-10,12,14-17,25H,11,13H2,1-3H3,(H,28,30). The van der Waals surface area contributed by atoms with Gasteiger partial charge in [-0.05, 0) is 78.9 Å². The molecule has 1 heterocycles. The Labute approximate surface area is 203 Å². The molecule has 0 bridgehead atoms. The van der Waals surface area contributed by atoms with Crippen LogP contribution in [0.25, 0.3) is 0 Å². The molecule has 1 unspecified atom stereocenters. The first-order valence-electron chi connectivity index (χ1n) is 10.6. The van der Waals surface area contributed by atoms with Gasteiger partial charge in [-0.15, -0.1) is 0 Å². The molecule has 0 spiro atoms. The van der Waals surface area contributed by atoms with Crippen molar-refractivity contribution in [1.29, 1.82) is 0 Å². The number of nitrogens with zero attached hydrogens (tertiary/aromatic N) is 1. The van der Waals surface area contributed by atoms with Crippen LogP contribution in [0.5, 0.6) is 0 Å². The summed E-state index contributed by atoms with van der Waals surface area (Å²) in [6.45, 7) is 6.66. The van der Waals surface area contributed by atoms with Gasteiger partial charge >= 0.3 is 0 Å². The Morgan fingerprint density at radius 1 is 1.10 bits per heavy atom. The van der Waals surface area contributed by atoms with Crippen LogP contribution in [0.4, 0.5) is 11.4 Å². The van der Waals surface area contributed by atoms with E-state index in [9.17, 15) is 0 Å². The summed E-state index contributed by atoms with van der Waals surface area (Å²) in [5.41, 5.74) is 6.04. The number of nitrogens with one attached hydrogen (secondary N) is 1. The van der Waals surface area contributed by atoms with Gasteiger partial charge in [0, 0.05) is 15.1 Å². The Kier molecular flexibility index (Phi) is 7.05. The third-order valence-corrected chi connectivity index (χ3v) is 7.60. The molecule has 160 valence electrons. The van der Waals surface area contributed by atoms with E-state index in [2.05, 4.69) is 114 Å². The molecule has 1 aliphatic heterocycles. The Bertz CT molecular complexity index is 1100. The third-order valence-electron chi connectivity index (χ3n) is 5.50. The van der Waals surface area contributed by atoms with Crippen molar-refractivity contribution in [1.82, 2.24) is 0 Å². The van der Waals surface area contributed by atoms with E-state index in [-0.39, 0.29) is 5.37 Å². The predicted octanol–water partition coefficient (Wildman–Crippen LogP) is 8.35. The van der Waals surface area contributed by atoms with Crippen LogP contribution >= 0.6 is 39.9 Å². The molecule has 0 saturated carbocycles. The third kappa shape index (κ3) is 5.16. The second-order valence-corrected chi connectivity index (χ2v) is 10.8. The molecule has 0 amide bonds. The highest BCUT2D eigenvalue weighted by Crippen LogP contribution is 2.51. The molecule has 1 N–H and O–H groups in total. The Morgan fingerprint density at radius 2 is 1.90 bits per heavy atom. The number of rotatable bonds is 5. The van der Waals surface area contributed by atoms with Gasteiger partial charge in [-0.3, -0.25) is 0 Å². The molecule has 4 rings (SSSR count). The number of anilines is 2. The quantitative estimate of drug-likeness (QED) is 0.346. The molecule has 3 aromatic rings. The van der Waals surface area contributed by atoms with Crippen molar-refractivity contribution in [3.8, 4) is 0 Å². The van der Waals surface area contributed by atoms with Crippen LogP contribution in [0.1, 0.15) is 42.3 Å². The number of fused-ring (bicyclic) bond motifs is 1. The van der Waals surface area contributed by atoms with Crippen molar-refractivity contribution >= 4 is 56.4 Å². The van der Waals surface area contributed by atoms with E-state index in [0.29, 0.717) is 5.92 Å². The summed E-state index contributed by atoms with van der Waals surface area (Å²) in [6, 6.07) is 23.8. The summed E-state index contributed by atoms with van der Waals surface area (Å²) in [6.07, 6.45) is 2.31. The van der Waals surface area contributed by atoms with Crippen LogP contribution in [0.3, 0.4) is 0 Å². The lowest BCUT2D eigenvalue weighted by Gasteiger charge is -2.28. The molecular formula is C26H27BrN2S2. The zero-order valence-corrected chi connectivity index (χ0v) is 21.3. The first-order valence-corrected chi connectivity index (χ1v) is 12.7. The maximum Gasteiger partial charge on any atom is 0.179 e. The van der Waals surface area contributed by atoms with Crippen molar-refractivity contribution in [2.75, 3.05) is 10.2 Å². The van der Waals surface area contributed by atoms with Crippen molar-refractivity contribution < 1.29 is 0 Å². The number of hydrogen-bond acceptors (Lipinski definition) is 2. The summed E-state index contributed by atoms with van der Waals surface area (Å²) < 4.78 is 1.04. The SMILES string of the molecule is Cc1ccc(Br)cc1NC(=S)N1c2ccccc2SC1c1cccc(CCC(C)C)c1. The molecule has 2 nitrogen and oxygen atoms in total. The molecule has 0 aromatic heterocycles. The van der Waals surface area contributed by atoms with Gasteiger partial charge in [-0.1, -0.05) is 84.0 Å². The average Bonchev–Trinajstić information content (AvgIpc) is 3.15. The summed E-state index contributed by atoms with van der Waals surface area (Å²) >= 11 is 11.4. The maximum atomic E-state index is 5.96. The minimum Gasteiger partial charge on any atom is -0.332 e. The monoisotopic (exact) mass is 510 g/mol. The van der Waals surface area contributed by atoms with E-state index in [1.165, 1.54) is 22.4 Å². The summed E-state index contributed by atoms with van der Waals surface area (Å²) in [5.74, 6) is 0.704. The van der Waals surface area contributed by atoms with E-state index in [1.807, 2.05) is 11.8 Å². The fraction of sp³-hybridized carbons (Fsp3) is 0.269. The Morgan fingerprint density at radius 3 is 2.71 bits per heavy atom. The van der Waals surface area contributed by atoms with Gasteiger partial charge in [-0.25, -0.2) is 0 Å². The van der Waals surface area contributed by atoms with Gasteiger partial charge in [0.1, 0.15) is 5.37 Å². The van der Waals surface area contributed by atoms with E-state index in [4.69, 9.17) is 12.2 Å². The second-order valence-electron chi connectivity index (χ2n) is 8.37. The average molecular weight is 512 g/mol. The molecule has 1 atom stereocenters.